The van der Waals surface area contributed by atoms with E-state index in [1.54, 1.807) is 48.5 Å². The van der Waals surface area contributed by atoms with Crippen LogP contribution in [0.4, 0.5) is 5.69 Å². The van der Waals surface area contributed by atoms with Crippen molar-refractivity contribution in [3.05, 3.63) is 96.1 Å². The Balaban J connectivity index is 2.03. The predicted molar refractivity (Wildman–Crippen MR) is 151 cm³/mol. The summed E-state index contributed by atoms with van der Waals surface area (Å²) in [4.78, 5) is 28.9. The summed E-state index contributed by atoms with van der Waals surface area (Å²) < 4.78 is 28.6. The van der Waals surface area contributed by atoms with Gasteiger partial charge >= 0.3 is 0 Å². The second-order valence-electron chi connectivity index (χ2n) is 9.35. The van der Waals surface area contributed by atoms with Crippen molar-refractivity contribution < 1.29 is 18.0 Å². The Morgan fingerprint density at radius 3 is 2.00 bits per heavy atom. The summed E-state index contributed by atoms with van der Waals surface area (Å²) in [7, 11) is -4.05. The fourth-order valence-electron chi connectivity index (χ4n) is 4.17. The molecule has 202 valence electrons. The number of hydrogen-bond acceptors (Lipinski definition) is 4. The summed E-state index contributed by atoms with van der Waals surface area (Å²) in [5.41, 5.74) is 2.25. The van der Waals surface area contributed by atoms with E-state index in [1.807, 2.05) is 52.0 Å². The Morgan fingerprint density at radius 1 is 0.842 bits per heavy atom. The van der Waals surface area contributed by atoms with Crippen LogP contribution in [0.1, 0.15) is 44.7 Å². The van der Waals surface area contributed by atoms with Gasteiger partial charge in [0.05, 0.1) is 10.6 Å². The molecule has 0 saturated carbocycles. The average molecular weight is 536 g/mol. The minimum absolute atomic E-state index is 0.0498. The average Bonchev–Trinajstić information content (AvgIpc) is 2.93. The molecular weight excluding hydrogens is 498 g/mol. The van der Waals surface area contributed by atoms with Gasteiger partial charge in [-0.2, -0.15) is 0 Å². The number of carbonyl (C=O) groups is 2. The lowest BCUT2D eigenvalue weighted by Crippen LogP contribution is -2.53. The molecule has 38 heavy (non-hydrogen) atoms. The van der Waals surface area contributed by atoms with E-state index >= 15 is 0 Å². The number of aryl methyl sites for hydroxylation is 1. The van der Waals surface area contributed by atoms with Gasteiger partial charge in [-0.1, -0.05) is 74.5 Å². The fraction of sp³-hybridized carbons (Fsp3) is 0.333. The number of nitrogens with one attached hydrogen (secondary N) is 1. The molecule has 0 radical (unpaired) electrons. The smallest absolute Gasteiger partial charge is 0.264 e. The number of sulfonamides is 1. The third-order valence-corrected chi connectivity index (χ3v) is 8.43. The molecule has 2 atom stereocenters. The lowest BCUT2D eigenvalue weighted by atomic mass is 10.1. The Hall–Kier alpha value is -3.65. The Labute approximate surface area is 226 Å². The van der Waals surface area contributed by atoms with Crippen LogP contribution in [0, 0.1) is 6.92 Å². The summed E-state index contributed by atoms with van der Waals surface area (Å²) in [5.74, 6) is -0.705. The van der Waals surface area contributed by atoms with Gasteiger partial charge in [-0.25, -0.2) is 8.42 Å². The highest BCUT2D eigenvalue weighted by Gasteiger charge is 2.34. The Kier molecular flexibility index (Phi) is 10.1. The van der Waals surface area contributed by atoms with Crippen LogP contribution < -0.4 is 9.62 Å². The highest BCUT2D eigenvalue weighted by Crippen LogP contribution is 2.25. The van der Waals surface area contributed by atoms with Crippen molar-refractivity contribution in [2.45, 2.75) is 64.1 Å². The summed E-state index contributed by atoms with van der Waals surface area (Å²) >= 11 is 0. The monoisotopic (exact) mass is 535 g/mol. The molecular formula is C30H37N3O4S. The maximum atomic E-state index is 14.0. The quantitative estimate of drug-likeness (QED) is 0.357. The molecule has 2 amide bonds. The van der Waals surface area contributed by atoms with Crippen LogP contribution in [0.25, 0.3) is 0 Å². The van der Waals surface area contributed by atoms with Crippen molar-refractivity contribution in [1.29, 1.82) is 0 Å². The molecule has 3 aromatic carbocycles. The first-order valence-electron chi connectivity index (χ1n) is 13.0. The summed E-state index contributed by atoms with van der Waals surface area (Å²) in [6.45, 7) is 7.45. The van der Waals surface area contributed by atoms with Crippen molar-refractivity contribution in [2.24, 2.45) is 0 Å². The van der Waals surface area contributed by atoms with Crippen LogP contribution in [0.15, 0.2) is 89.8 Å². The van der Waals surface area contributed by atoms with E-state index in [1.165, 1.54) is 17.0 Å². The lowest BCUT2D eigenvalue weighted by molar-refractivity contribution is -0.140. The highest BCUT2D eigenvalue weighted by atomic mass is 32.2. The van der Waals surface area contributed by atoms with Crippen LogP contribution in [0.3, 0.4) is 0 Å². The number of amides is 2. The zero-order chi connectivity index (χ0) is 27.7. The van der Waals surface area contributed by atoms with Crippen molar-refractivity contribution >= 4 is 27.5 Å². The van der Waals surface area contributed by atoms with Gasteiger partial charge in [-0.3, -0.25) is 13.9 Å². The van der Waals surface area contributed by atoms with Crippen LogP contribution in [0.5, 0.6) is 0 Å². The number of hydrogen-bond donors (Lipinski definition) is 1. The number of anilines is 1. The van der Waals surface area contributed by atoms with E-state index in [0.29, 0.717) is 12.1 Å². The van der Waals surface area contributed by atoms with E-state index in [9.17, 15) is 18.0 Å². The maximum absolute atomic E-state index is 14.0. The van der Waals surface area contributed by atoms with Gasteiger partial charge < -0.3 is 10.2 Å². The van der Waals surface area contributed by atoms with Crippen molar-refractivity contribution in [1.82, 2.24) is 10.2 Å². The lowest BCUT2D eigenvalue weighted by Gasteiger charge is -2.34. The zero-order valence-electron chi connectivity index (χ0n) is 22.5. The summed E-state index contributed by atoms with van der Waals surface area (Å²) in [5, 5.41) is 2.99. The SMILES string of the molecule is CC[C@H](C)NC(=O)[C@H](CC)N(Cc1ccccc1C)C(=O)CN(c1ccccc1)S(=O)(=O)c1ccccc1. The molecule has 0 spiro atoms. The number of carbonyl (C=O) groups excluding carboxylic acids is 2. The number of nitrogens with zero attached hydrogens (tertiary/aromatic N) is 2. The number of para-hydroxylation sites is 1. The second kappa shape index (κ2) is 13.2. The third kappa shape index (κ3) is 7.01. The first-order valence-corrected chi connectivity index (χ1v) is 14.4. The van der Waals surface area contributed by atoms with Gasteiger partial charge in [0.1, 0.15) is 12.6 Å². The summed E-state index contributed by atoms with van der Waals surface area (Å²) in [6.07, 6.45) is 1.14. The van der Waals surface area contributed by atoms with Crippen molar-refractivity contribution in [3.8, 4) is 0 Å². The third-order valence-electron chi connectivity index (χ3n) is 6.64. The molecule has 0 aliphatic carbocycles. The van der Waals surface area contributed by atoms with Crippen LogP contribution >= 0.6 is 0 Å². The Morgan fingerprint density at radius 2 is 1.42 bits per heavy atom. The molecule has 3 aromatic rings. The van der Waals surface area contributed by atoms with Gasteiger partial charge in [-0.15, -0.1) is 0 Å². The zero-order valence-corrected chi connectivity index (χ0v) is 23.3. The Bertz CT molecular complexity index is 1310. The van der Waals surface area contributed by atoms with E-state index in [4.69, 9.17) is 0 Å². The first-order chi connectivity index (χ1) is 18.2. The number of benzene rings is 3. The van der Waals surface area contributed by atoms with Gasteiger partial charge in [0.25, 0.3) is 10.0 Å². The van der Waals surface area contributed by atoms with Gasteiger partial charge in [0.15, 0.2) is 0 Å². The molecule has 0 bridgehead atoms. The van der Waals surface area contributed by atoms with E-state index < -0.39 is 28.5 Å². The molecule has 0 saturated heterocycles. The molecule has 3 rings (SSSR count). The largest absolute Gasteiger partial charge is 0.352 e. The molecule has 8 heteroatoms. The standard InChI is InChI=1S/C30H37N3O4S/c1-5-24(4)31-30(35)28(6-2)32(21-25-16-14-13-15-23(25)3)29(34)22-33(26-17-9-7-10-18-26)38(36,37)27-19-11-8-12-20-27/h7-20,24,28H,5-6,21-22H2,1-4H3,(H,31,35)/t24-,28-/m0/s1. The van der Waals surface area contributed by atoms with Gasteiger partial charge in [0, 0.05) is 12.6 Å². The molecule has 7 nitrogen and oxygen atoms in total. The van der Waals surface area contributed by atoms with Crippen LogP contribution in [-0.2, 0) is 26.2 Å². The predicted octanol–water partition coefficient (Wildman–Crippen LogP) is 4.91. The molecule has 0 aliphatic rings. The fourth-order valence-corrected chi connectivity index (χ4v) is 5.61. The normalized spacial score (nSPS) is 12.8. The molecule has 0 heterocycles. The molecule has 0 aliphatic heterocycles. The topological polar surface area (TPSA) is 86.8 Å². The summed E-state index contributed by atoms with van der Waals surface area (Å²) in [6, 6.07) is 23.5. The van der Waals surface area contributed by atoms with Crippen LogP contribution in [0.2, 0.25) is 0 Å². The van der Waals surface area contributed by atoms with Crippen molar-refractivity contribution in [2.75, 3.05) is 10.8 Å². The second-order valence-corrected chi connectivity index (χ2v) is 11.2. The molecule has 1 N–H and O–H groups in total. The van der Waals surface area contributed by atoms with E-state index in [0.717, 1.165) is 21.9 Å². The van der Waals surface area contributed by atoms with Gasteiger partial charge in [-0.05, 0) is 62.1 Å². The van der Waals surface area contributed by atoms with Crippen molar-refractivity contribution in [3.63, 3.8) is 0 Å². The van der Waals surface area contributed by atoms with Crippen LogP contribution in [-0.4, -0.2) is 43.8 Å². The highest BCUT2D eigenvalue weighted by molar-refractivity contribution is 7.92. The minimum atomic E-state index is -4.05. The molecule has 0 unspecified atom stereocenters. The number of rotatable bonds is 12. The molecule has 0 fully saturated rings. The van der Waals surface area contributed by atoms with E-state index in [2.05, 4.69) is 5.32 Å². The van der Waals surface area contributed by atoms with Gasteiger partial charge in [0.2, 0.25) is 11.8 Å². The first kappa shape index (κ1) is 28.9. The maximum Gasteiger partial charge on any atom is 0.264 e. The van der Waals surface area contributed by atoms with E-state index in [-0.39, 0.29) is 23.4 Å². The minimum Gasteiger partial charge on any atom is -0.352 e. The molecule has 0 aromatic heterocycles.